The van der Waals surface area contributed by atoms with Gasteiger partial charge in [0.25, 0.3) is 5.91 Å². The summed E-state index contributed by atoms with van der Waals surface area (Å²) in [5.74, 6) is 2.59. The zero-order valence-electron chi connectivity index (χ0n) is 17.4. The topological polar surface area (TPSA) is 88.6 Å². The predicted octanol–water partition coefficient (Wildman–Crippen LogP) is 2.95. The number of aromatic nitrogens is 4. The van der Waals surface area contributed by atoms with Crippen LogP contribution in [0.2, 0.25) is 0 Å². The van der Waals surface area contributed by atoms with E-state index < -0.39 is 0 Å². The molecule has 0 radical (unpaired) electrons. The lowest BCUT2D eigenvalue weighted by molar-refractivity contribution is 0.0947. The van der Waals surface area contributed by atoms with Crippen LogP contribution in [-0.2, 0) is 13.1 Å². The highest BCUT2D eigenvalue weighted by Gasteiger charge is 2.28. The van der Waals surface area contributed by atoms with E-state index in [1.165, 1.54) is 5.56 Å². The molecular formula is C23H24N6O2. The lowest BCUT2D eigenvalue weighted by Crippen LogP contribution is -2.23. The van der Waals surface area contributed by atoms with E-state index in [0.717, 1.165) is 49.0 Å². The van der Waals surface area contributed by atoms with Gasteiger partial charge in [-0.25, -0.2) is 0 Å². The van der Waals surface area contributed by atoms with Crippen LogP contribution in [0.3, 0.4) is 0 Å². The van der Waals surface area contributed by atoms with Gasteiger partial charge in [0, 0.05) is 37.6 Å². The first-order chi connectivity index (χ1) is 15.2. The summed E-state index contributed by atoms with van der Waals surface area (Å²) in [4.78, 5) is 19.3. The molecule has 31 heavy (non-hydrogen) atoms. The molecule has 0 bridgehead atoms. The minimum atomic E-state index is -0.153. The maximum atomic E-state index is 12.7. The second kappa shape index (κ2) is 8.31. The number of amides is 1. The zero-order valence-corrected chi connectivity index (χ0v) is 17.4. The number of aryl methyl sites for hydroxylation is 1. The van der Waals surface area contributed by atoms with E-state index in [2.05, 4.69) is 31.5 Å². The number of nitrogens with one attached hydrogen (secondary N) is 1. The van der Waals surface area contributed by atoms with Gasteiger partial charge in [0.15, 0.2) is 5.65 Å². The Kier molecular flexibility index (Phi) is 5.21. The van der Waals surface area contributed by atoms with Crippen molar-refractivity contribution in [3.63, 3.8) is 0 Å². The summed E-state index contributed by atoms with van der Waals surface area (Å²) in [6.07, 6.45) is 6.54. The first-order valence-corrected chi connectivity index (χ1v) is 10.4. The second-order valence-electron chi connectivity index (χ2n) is 7.98. The quantitative estimate of drug-likeness (QED) is 0.520. The Morgan fingerprint density at radius 3 is 2.97 bits per heavy atom. The van der Waals surface area contributed by atoms with E-state index in [1.54, 1.807) is 12.3 Å². The van der Waals surface area contributed by atoms with Crippen molar-refractivity contribution in [3.05, 3.63) is 83.5 Å². The monoisotopic (exact) mass is 416 g/mol. The summed E-state index contributed by atoms with van der Waals surface area (Å²) < 4.78 is 7.47. The molecule has 1 aliphatic heterocycles. The average molecular weight is 416 g/mol. The van der Waals surface area contributed by atoms with Crippen LogP contribution < -0.4 is 5.32 Å². The molecule has 158 valence electrons. The summed E-state index contributed by atoms with van der Waals surface area (Å²) in [7, 11) is 0. The fourth-order valence-corrected chi connectivity index (χ4v) is 4.11. The highest BCUT2D eigenvalue weighted by Crippen LogP contribution is 2.27. The van der Waals surface area contributed by atoms with Crippen LogP contribution in [0.15, 0.2) is 59.4 Å². The number of furan rings is 1. The van der Waals surface area contributed by atoms with Gasteiger partial charge in [0.1, 0.15) is 17.3 Å². The van der Waals surface area contributed by atoms with Crippen LogP contribution in [0.25, 0.3) is 5.65 Å². The van der Waals surface area contributed by atoms with E-state index in [1.807, 2.05) is 48.0 Å². The Labute approximate surface area is 179 Å². The first-order valence-electron chi connectivity index (χ1n) is 10.4. The van der Waals surface area contributed by atoms with Gasteiger partial charge >= 0.3 is 0 Å². The molecular weight excluding hydrogens is 392 g/mol. The minimum absolute atomic E-state index is 0.153. The van der Waals surface area contributed by atoms with Gasteiger partial charge in [-0.1, -0.05) is 6.07 Å². The molecule has 5 rings (SSSR count). The van der Waals surface area contributed by atoms with Crippen molar-refractivity contribution in [3.8, 4) is 0 Å². The number of hydrogen-bond acceptors (Lipinski definition) is 6. The number of carbonyl (C=O) groups excluding carboxylic acids is 1. The number of nitrogens with zero attached hydrogens (tertiary/aromatic N) is 5. The zero-order chi connectivity index (χ0) is 21.2. The van der Waals surface area contributed by atoms with Crippen molar-refractivity contribution in [1.29, 1.82) is 0 Å². The largest absolute Gasteiger partial charge is 0.465 e. The third-order valence-electron chi connectivity index (χ3n) is 5.68. The van der Waals surface area contributed by atoms with Crippen molar-refractivity contribution >= 4 is 11.6 Å². The molecule has 1 atom stereocenters. The van der Waals surface area contributed by atoms with E-state index >= 15 is 0 Å². The van der Waals surface area contributed by atoms with Gasteiger partial charge in [-0.2, -0.15) is 0 Å². The molecule has 4 aromatic heterocycles. The summed E-state index contributed by atoms with van der Waals surface area (Å²) in [6, 6.07) is 11.4. The molecule has 8 nitrogen and oxygen atoms in total. The Morgan fingerprint density at radius 2 is 2.16 bits per heavy atom. The van der Waals surface area contributed by atoms with Gasteiger partial charge in [0.05, 0.1) is 12.1 Å². The molecule has 1 N–H and O–H groups in total. The molecule has 1 aliphatic rings. The Balaban J connectivity index is 1.29. The molecule has 0 unspecified atom stereocenters. The number of fused-ring (bicyclic) bond motifs is 1. The highest BCUT2D eigenvalue weighted by atomic mass is 16.3. The van der Waals surface area contributed by atoms with Gasteiger partial charge in [-0.05, 0) is 55.8 Å². The number of carbonyl (C=O) groups is 1. The molecule has 8 heteroatoms. The fourth-order valence-electron chi connectivity index (χ4n) is 4.11. The van der Waals surface area contributed by atoms with Crippen LogP contribution in [0.4, 0.5) is 0 Å². The van der Waals surface area contributed by atoms with E-state index in [0.29, 0.717) is 12.1 Å². The molecule has 0 saturated carbocycles. The SMILES string of the molecule is Cc1ccc(CNC(=O)c2ccc3nnc([C@@H]4CCN(Cc5cccnc5)C4)n3c2)o1. The van der Waals surface area contributed by atoms with Crippen molar-refractivity contribution in [1.82, 2.24) is 29.8 Å². The summed E-state index contributed by atoms with van der Waals surface area (Å²) in [6.45, 7) is 5.02. The standard InChI is InChI=1S/C23H24N6O2/c1-16-4-6-20(31-16)12-25-23(30)19-5-7-21-26-27-22(29(21)15-19)18-8-10-28(14-18)13-17-3-2-9-24-11-17/h2-7,9,11,15,18H,8,10,12-14H2,1H3,(H,25,30)/t18-/m1/s1. The summed E-state index contributed by atoms with van der Waals surface area (Å²) >= 11 is 0. The molecule has 0 aromatic carbocycles. The number of pyridine rings is 2. The lowest BCUT2D eigenvalue weighted by atomic mass is 10.1. The summed E-state index contributed by atoms with van der Waals surface area (Å²) in [5.41, 5.74) is 2.53. The number of likely N-dealkylation sites (tertiary alicyclic amines) is 1. The minimum Gasteiger partial charge on any atom is -0.465 e. The Hall–Kier alpha value is -3.52. The molecule has 0 aliphatic carbocycles. The highest BCUT2D eigenvalue weighted by molar-refractivity contribution is 5.94. The van der Waals surface area contributed by atoms with E-state index in [-0.39, 0.29) is 11.8 Å². The summed E-state index contributed by atoms with van der Waals surface area (Å²) in [5, 5.41) is 11.7. The van der Waals surface area contributed by atoms with E-state index in [9.17, 15) is 4.79 Å². The molecule has 1 saturated heterocycles. The maximum Gasteiger partial charge on any atom is 0.253 e. The van der Waals surface area contributed by atoms with Crippen LogP contribution in [0, 0.1) is 6.92 Å². The molecule has 1 amide bonds. The predicted molar refractivity (Wildman–Crippen MR) is 114 cm³/mol. The molecule has 1 fully saturated rings. The average Bonchev–Trinajstić information content (AvgIpc) is 3.52. The lowest BCUT2D eigenvalue weighted by Gasteiger charge is -2.15. The first kappa shape index (κ1) is 19.4. The fraction of sp³-hybridized carbons (Fsp3) is 0.304. The van der Waals surface area contributed by atoms with Gasteiger partial charge in [-0.3, -0.25) is 19.1 Å². The molecule has 5 heterocycles. The van der Waals surface area contributed by atoms with Gasteiger partial charge < -0.3 is 9.73 Å². The normalized spacial score (nSPS) is 16.7. The van der Waals surface area contributed by atoms with Crippen LogP contribution in [-0.4, -0.2) is 43.5 Å². The van der Waals surface area contributed by atoms with E-state index in [4.69, 9.17) is 4.42 Å². The number of hydrogen-bond donors (Lipinski definition) is 1. The third kappa shape index (κ3) is 4.20. The van der Waals surface area contributed by atoms with Crippen LogP contribution >= 0.6 is 0 Å². The molecule has 0 spiro atoms. The molecule has 4 aromatic rings. The van der Waals surface area contributed by atoms with Crippen molar-refractivity contribution in [2.75, 3.05) is 13.1 Å². The van der Waals surface area contributed by atoms with Crippen LogP contribution in [0.5, 0.6) is 0 Å². The van der Waals surface area contributed by atoms with Gasteiger partial charge in [-0.15, -0.1) is 10.2 Å². The smallest absolute Gasteiger partial charge is 0.253 e. The third-order valence-corrected chi connectivity index (χ3v) is 5.68. The van der Waals surface area contributed by atoms with Crippen molar-refractivity contribution < 1.29 is 9.21 Å². The van der Waals surface area contributed by atoms with Crippen molar-refractivity contribution in [2.45, 2.75) is 32.4 Å². The van der Waals surface area contributed by atoms with Gasteiger partial charge in [0.2, 0.25) is 0 Å². The van der Waals surface area contributed by atoms with Crippen LogP contribution in [0.1, 0.15) is 45.6 Å². The number of rotatable bonds is 6. The Morgan fingerprint density at radius 1 is 1.23 bits per heavy atom. The van der Waals surface area contributed by atoms with Crippen molar-refractivity contribution in [2.24, 2.45) is 0 Å². The Bertz CT molecular complexity index is 1200. The second-order valence-corrected chi connectivity index (χ2v) is 7.98. The maximum absolute atomic E-state index is 12.7.